The zero-order valence-corrected chi connectivity index (χ0v) is 20.8. The van der Waals surface area contributed by atoms with Gasteiger partial charge in [-0.3, -0.25) is 19.5 Å². The Morgan fingerprint density at radius 3 is 2.61 bits per heavy atom. The number of imide groups is 1. The molecule has 0 radical (unpaired) electrons. The summed E-state index contributed by atoms with van der Waals surface area (Å²) in [5, 5.41) is 7.30. The number of nitrogens with zero attached hydrogens (tertiary/aromatic N) is 2. The van der Waals surface area contributed by atoms with Crippen molar-refractivity contribution in [2.24, 2.45) is 28.7 Å². The zero-order valence-electron chi connectivity index (χ0n) is 18.5. The highest BCUT2D eigenvalue weighted by atomic mass is 127. The Kier molecular flexibility index (Phi) is 7.06. The van der Waals surface area contributed by atoms with Crippen molar-refractivity contribution >= 4 is 52.7 Å². The quantitative estimate of drug-likeness (QED) is 0.159. The number of H-pyrrole nitrogens is 1. The number of fused-ring (bicyclic) bond motifs is 6. The lowest BCUT2D eigenvalue weighted by molar-refractivity contribution is -0.140. The average molecular weight is 565 g/mol. The first-order valence-electron chi connectivity index (χ1n) is 11.4. The third kappa shape index (κ3) is 4.39. The van der Waals surface area contributed by atoms with Crippen molar-refractivity contribution < 1.29 is 14.0 Å². The van der Waals surface area contributed by atoms with Crippen molar-refractivity contribution in [2.45, 2.75) is 19.8 Å². The van der Waals surface area contributed by atoms with E-state index in [0.717, 1.165) is 22.9 Å². The van der Waals surface area contributed by atoms with Crippen LogP contribution in [0, 0.1) is 29.5 Å². The van der Waals surface area contributed by atoms with Gasteiger partial charge in [-0.1, -0.05) is 12.2 Å². The number of allylic oxidation sites excluding steroid dienone is 2. The second-order valence-electron chi connectivity index (χ2n) is 8.77. The number of hydrogen-bond acceptors (Lipinski definition) is 3. The van der Waals surface area contributed by atoms with Gasteiger partial charge in [0.1, 0.15) is 5.82 Å². The van der Waals surface area contributed by atoms with Crippen LogP contribution in [0.25, 0.3) is 10.9 Å². The van der Waals surface area contributed by atoms with Crippen LogP contribution in [-0.4, -0.2) is 53.8 Å². The SMILES string of the molecule is CCNC(=NCCc1c[nH]c2ccc(F)cc12)NCCN1C(=O)C2C3C=CC(C3)C2C1=O.I. The van der Waals surface area contributed by atoms with Gasteiger partial charge in [-0.25, -0.2) is 4.39 Å². The van der Waals surface area contributed by atoms with E-state index >= 15 is 0 Å². The maximum Gasteiger partial charge on any atom is 0.233 e. The van der Waals surface area contributed by atoms with Crippen LogP contribution in [0.3, 0.4) is 0 Å². The molecule has 1 saturated carbocycles. The average Bonchev–Trinajstić information content (AvgIpc) is 3.54. The maximum atomic E-state index is 13.6. The summed E-state index contributed by atoms with van der Waals surface area (Å²) in [6.07, 6.45) is 7.72. The van der Waals surface area contributed by atoms with E-state index in [4.69, 9.17) is 0 Å². The van der Waals surface area contributed by atoms with Crippen LogP contribution in [0.5, 0.6) is 0 Å². The molecule has 33 heavy (non-hydrogen) atoms. The van der Waals surface area contributed by atoms with E-state index in [1.165, 1.54) is 17.0 Å². The normalized spacial score (nSPS) is 25.6. The van der Waals surface area contributed by atoms with Crippen LogP contribution < -0.4 is 10.6 Å². The van der Waals surface area contributed by atoms with Gasteiger partial charge in [0.2, 0.25) is 11.8 Å². The molecule has 2 aromatic rings. The zero-order chi connectivity index (χ0) is 22.2. The fourth-order valence-corrected chi connectivity index (χ4v) is 5.46. The van der Waals surface area contributed by atoms with Crippen molar-refractivity contribution in [2.75, 3.05) is 26.2 Å². The van der Waals surface area contributed by atoms with E-state index in [1.807, 2.05) is 13.1 Å². The van der Waals surface area contributed by atoms with Gasteiger partial charge >= 0.3 is 0 Å². The molecule has 176 valence electrons. The third-order valence-corrected chi connectivity index (χ3v) is 6.91. The predicted octanol–water partition coefficient (Wildman–Crippen LogP) is 2.83. The fourth-order valence-electron chi connectivity index (χ4n) is 5.46. The minimum Gasteiger partial charge on any atom is -0.361 e. The summed E-state index contributed by atoms with van der Waals surface area (Å²) in [5.41, 5.74) is 1.92. The number of rotatable bonds is 7. The highest BCUT2D eigenvalue weighted by Gasteiger charge is 2.58. The first-order valence-corrected chi connectivity index (χ1v) is 11.4. The Morgan fingerprint density at radius 1 is 1.18 bits per heavy atom. The van der Waals surface area contributed by atoms with Gasteiger partial charge in [0.25, 0.3) is 0 Å². The Bertz CT molecular complexity index is 1080. The number of aliphatic imine (C=N–C) groups is 1. The van der Waals surface area contributed by atoms with Crippen molar-refractivity contribution in [3.63, 3.8) is 0 Å². The van der Waals surface area contributed by atoms with Gasteiger partial charge in [-0.15, -0.1) is 24.0 Å². The number of carbonyl (C=O) groups excluding carboxylic acids is 2. The molecule has 4 unspecified atom stereocenters. The topological polar surface area (TPSA) is 89.6 Å². The molecule has 2 bridgehead atoms. The molecule has 1 aromatic carbocycles. The maximum absolute atomic E-state index is 13.6. The van der Waals surface area contributed by atoms with Crippen LogP contribution >= 0.6 is 24.0 Å². The van der Waals surface area contributed by atoms with Crippen molar-refractivity contribution in [3.05, 3.63) is 47.9 Å². The number of nitrogens with one attached hydrogen (secondary N) is 3. The van der Waals surface area contributed by atoms with Crippen LogP contribution in [0.4, 0.5) is 4.39 Å². The molecule has 2 aliphatic carbocycles. The fraction of sp³-hybridized carbons (Fsp3) is 0.458. The van der Waals surface area contributed by atoms with E-state index in [9.17, 15) is 14.0 Å². The molecule has 1 saturated heterocycles. The van der Waals surface area contributed by atoms with E-state index in [2.05, 4.69) is 32.8 Å². The molecule has 5 rings (SSSR count). The van der Waals surface area contributed by atoms with Gasteiger partial charge in [-0.05, 0) is 55.4 Å². The Morgan fingerprint density at radius 2 is 1.91 bits per heavy atom. The van der Waals surface area contributed by atoms with E-state index in [-0.39, 0.29) is 65.3 Å². The molecule has 2 heterocycles. The molecule has 1 aliphatic heterocycles. The molecule has 1 aromatic heterocycles. The number of halogens is 2. The highest BCUT2D eigenvalue weighted by molar-refractivity contribution is 14.0. The molecule has 7 nitrogen and oxygen atoms in total. The van der Waals surface area contributed by atoms with Gasteiger partial charge in [0.05, 0.1) is 11.8 Å². The first kappa shape index (κ1) is 23.7. The molecular formula is C24H29FIN5O2. The second kappa shape index (κ2) is 9.82. The van der Waals surface area contributed by atoms with Crippen molar-refractivity contribution in [1.29, 1.82) is 0 Å². The highest BCUT2D eigenvalue weighted by Crippen LogP contribution is 2.52. The summed E-state index contributed by atoms with van der Waals surface area (Å²) in [6, 6.07) is 4.72. The molecule has 3 N–H and O–H groups in total. The molecular weight excluding hydrogens is 536 g/mol. The first-order chi connectivity index (χ1) is 15.6. The summed E-state index contributed by atoms with van der Waals surface area (Å²) in [6.45, 7) is 4.00. The van der Waals surface area contributed by atoms with Gasteiger partial charge in [-0.2, -0.15) is 0 Å². The molecule has 3 aliphatic rings. The number of hydrogen-bond donors (Lipinski definition) is 3. The summed E-state index contributed by atoms with van der Waals surface area (Å²) in [5.74, 6) is 0.503. The van der Waals surface area contributed by atoms with Crippen LogP contribution in [0.1, 0.15) is 18.9 Å². The number of benzene rings is 1. The molecule has 9 heteroatoms. The number of amides is 2. The van der Waals surface area contributed by atoms with E-state index in [1.54, 1.807) is 6.07 Å². The van der Waals surface area contributed by atoms with Crippen molar-refractivity contribution in [1.82, 2.24) is 20.5 Å². The Hall–Kier alpha value is -2.43. The molecule has 4 atom stereocenters. The minimum atomic E-state index is -0.254. The van der Waals surface area contributed by atoms with Crippen LogP contribution in [0.2, 0.25) is 0 Å². The summed E-state index contributed by atoms with van der Waals surface area (Å²) in [4.78, 5) is 34.8. The Labute approximate surface area is 209 Å². The standard InChI is InChI=1S/C24H28FN5O2.HI/c1-2-26-24(27-8-7-16-13-29-19-6-5-17(25)12-18(16)19)28-9-10-30-22(31)20-14-3-4-15(11-14)21(20)23(30)32;/h3-6,12-15,20-21,29H,2,7-11H2,1H3,(H2,26,27,28);1H. The molecule has 2 amide bonds. The predicted molar refractivity (Wildman–Crippen MR) is 136 cm³/mol. The van der Waals surface area contributed by atoms with E-state index in [0.29, 0.717) is 38.6 Å². The summed E-state index contributed by atoms with van der Waals surface area (Å²) in [7, 11) is 0. The number of likely N-dealkylation sites (tertiary alicyclic amines) is 1. The third-order valence-electron chi connectivity index (χ3n) is 6.91. The summed E-state index contributed by atoms with van der Waals surface area (Å²) < 4.78 is 13.6. The lowest BCUT2D eigenvalue weighted by Crippen LogP contribution is -2.43. The number of aromatic amines is 1. The van der Waals surface area contributed by atoms with Crippen LogP contribution in [0.15, 0.2) is 41.5 Å². The van der Waals surface area contributed by atoms with Gasteiger partial charge < -0.3 is 15.6 Å². The molecule has 0 spiro atoms. The smallest absolute Gasteiger partial charge is 0.233 e. The summed E-state index contributed by atoms with van der Waals surface area (Å²) >= 11 is 0. The molecule has 2 fully saturated rings. The number of aromatic nitrogens is 1. The monoisotopic (exact) mass is 565 g/mol. The Balaban J connectivity index is 0.00000259. The largest absolute Gasteiger partial charge is 0.361 e. The van der Waals surface area contributed by atoms with Gasteiger partial charge in [0, 0.05) is 43.3 Å². The van der Waals surface area contributed by atoms with Gasteiger partial charge in [0.15, 0.2) is 5.96 Å². The minimum absolute atomic E-state index is 0. The lowest BCUT2D eigenvalue weighted by atomic mass is 9.85. The lowest BCUT2D eigenvalue weighted by Gasteiger charge is -2.18. The van der Waals surface area contributed by atoms with Crippen molar-refractivity contribution in [3.8, 4) is 0 Å². The number of guanidine groups is 1. The van der Waals surface area contributed by atoms with Crippen LogP contribution in [-0.2, 0) is 16.0 Å². The van der Waals surface area contributed by atoms with E-state index < -0.39 is 0 Å². The second-order valence-corrected chi connectivity index (χ2v) is 8.77. The number of carbonyl (C=O) groups is 2.